The Balaban J connectivity index is 1.48. The molecule has 1 aromatic heterocycles. The van der Waals surface area contributed by atoms with E-state index >= 15 is 0 Å². The summed E-state index contributed by atoms with van der Waals surface area (Å²) in [6, 6.07) is 15.6. The Morgan fingerprint density at radius 2 is 1.43 bits per heavy atom. The zero-order valence-corrected chi connectivity index (χ0v) is 23.7. The van der Waals surface area contributed by atoms with E-state index in [9.17, 15) is 39.4 Å². The van der Waals surface area contributed by atoms with E-state index in [1.807, 2.05) is 0 Å². The van der Waals surface area contributed by atoms with Crippen LogP contribution in [0.15, 0.2) is 88.1 Å². The first-order chi connectivity index (χ1) is 22.0. The second kappa shape index (κ2) is 13.1. The molecule has 15 heteroatoms. The van der Waals surface area contributed by atoms with Gasteiger partial charge in [-0.2, -0.15) is 0 Å². The smallest absolute Gasteiger partial charge is 0.347 e. The molecule has 0 aliphatic carbocycles. The van der Waals surface area contributed by atoms with E-state index in [2.05, 4.69) is 0 Å². The molecule has 0 bridgehead atoms. The minimum absolute atomic E-state index is 0.0486. The topological polar surface area (TPSA) is 205 Å². The molecule has 3 aromatic carbocycles. The first-order valence-corrected chi connectivity index (χ1v) is 13.5. The van der Waals surface area contributed by atoms with Crippen molar-refractivity contribution in [2.24, 2.45) is 0 Å². The first-order valence-electron chi connectivity index (χ1n) is 13.5. The number of hydrogen-bond acceptors (Lipinski definition) is 13. The van der Waals surface area contributed by atoms with Gasteiger partial charge in [-0.3, -0.25) is 25.0 Å². The average molecular weight is 631 g/mol. The van der Waals surface area contributed by atoms with Crippen molar-refractivity contribution in [1.82, 2.24) is 0 Å². The number of esters is 3. The van der Waals surface area contributed by atoms with Gasteiger partial charge in [0.25, 0.3) is 11.4 Å². The number of hydrogen-bond donors (Lipinski definition) is 0. The lowest BCUT2D eigenvalue weighted by Crippen LogP contribution is -2.48. The van der Waals surface area contributed by atoms with Crippen molar-refractivity contribution >= 4 is 46.3 Å². The van der Waals surface area contributed by atoms with Crippen LogP contribution in [0, 0.1) is 20.2 Å². The third-order valence-corrected chi connectivity index (χ3v) is 6.76. The maximum atomic E-state index is 13.3. The van der Waals surface area contributed by atoms with E-state index in [4.69, 9.17) is 23.4 Å². The quantitative estimate of drug-likeness (QED) is 0.0784. The summed E-state index contributed by atoms with van der Waals surface area (Å²) in [5.74, 6) is -2.65. The number of carbonyl (C=O) groups is 3. The number of non-ortho nitro benzene ring substituents is 2. The maximum absolute atomic E-state index is 13.3. The standard InChI is InChI=1S/C31H22N2O13/c1-17(34)43-26(16-42-29(35)18-6-10-20(11-7-18)32(38)39)28(46-30(36)19-8-12-21(13-9-19)33(40)41)25-15-14-23-27(44-25)22-4-2-3-5-24(22)45-31(23)37/h2-15,25-26,28H,16H2,1H3/t25-,26+,28-/m0/s1. The number of ether oxygens (including phenoxy) is 4. The van der Waals surface area contributed by atoms with E-state index in [0.29, 0.717) is 5.39 Å². The van der Waals surface area contributed by atoms with Crippen LogP contribution in [-0.4, -0.2) is 52.7 Å². The highest BCUT2D eigenvalue weighted by atomic mass is 16.6. The third-order valence-electron chi connectivity index (χ3n) is 6.76. The van der Waals surface area contributed by atoms with Crippen molar-refractivity contribution in [1.29, 1.82) is 0 Å². The number of rotatable bonds is 10. The highest BCUT2D eigenvalue weighted by Crippen LogP contribution is 2.34. The van der Waals surface area contributed by atoms with Gasteiger partial charge in [-0.1, -0.05) is 12.1 Å². The zero-order chi connectivity index (χ0) is 33.0. The fourth-order valence-corrected chi connectivity index (χ4v) is 4.58. The molecule has 46 heavy (non-hydrogen) atoms. The van der Waals surface area contributed by atoms with Gasteiger partial charge in [0.1, 0.15) is 23.5 Å². The Hall–Kier alpha value is -6.38. The SMILES string of the molecule is CC(=O)O[C@H](COC(=O)c1ccc([N+](=O)[O-])cc1)[C@@H](OC(=O)c1ccc([N+](=O)[O-])cc1)[C@@H]1C=Cc2c(c3ccccc3oc2=O)O1. The number of fused-ring (bicyclic) bond motifs is 3. The van der Waals surface area contributed by atoms with Gasteiger partial charge in [0.2, 0.25) is 0 Å². The summed E-state index contributed by atoms with van der Waals surface area (Å²) in [5.41, 5.74) is -1.08. The Kier molecular flexibility index (Phi) is 8.84. The molecular weight excluding hydrogens is 608 g/mol. The van der Waals surface area contributed by atoms with Crippen molar-refractivity contribution in [3.05, 3.63) is 126 Å². The number of nitro groups is 2. The summed E-state index contributed by atoms with van der Waals surface area (Å²) in [6.07, 6.45) is -1.45. The molecule has 0 fully saturated rings. The fraction of sp³-hybridized carbons (Fsp3) is 0.161. The molecule has 15 nitrogen and oxygen atoms in total. The maximum Gasteiger partial charge on any atom is 0.347 e. The van der Waals surface area contributed by atoms with Crippen LogP contribution < -0.4 is 10.4 Å². The molecule has 4 aromatic rings. The monoisotopic (exact) mass is 630 g/mol. The molecule has 0 amide bonds. The number of nitrogens with zero attached hydrogens (tertiary/aromatic N) is 2. The van der Waals surface area contributed by atoms with Gasteiger partial charge in [-0.25, -0.2) is 14.4 Å². The summed E-state index contributed by atoms with van der Waals surface area (Å²) in [4.78, 5) is 71.7. The van der Waals surface area contributed by atoms with Crippen LogP contribution in [0.1, 0.15) is 33.2 Å². The van der Waals surface area contributed by atoms with Crippen LogP contribution in [0.4, 0.5) is 11.4 Å². The number of nitro benzene ring substituents is 2. The van der Waals surface area contributed by atoms with Crippen molar-refractivity contribution in [3.8, 4) is 5.75 Å². The molecule has 0 saturated carbocycles. The van der Waals surface area contributed by atoms with Gasteiger partial charge in [0.15, 0.2) is 18.3 Å². The number of carbonyl (C=O) groups excluding carboxylic acids is 3. The van der Waals surface area contributed by atoms with Gasteiger partial charge < -0.3 is 23.4 Å². The normalized spacial score (nSPS) is 14.7. The second-order valence-corrected chi connectivity index (χ2v) is 9.79. The van der Waals surface area contributed by atoms with Crippen LogP contribution >= 0.6 is 0 Å². The van der Waals surface area contributed by atoms with Crippen LogP contribution in [-0.2, 0) is 19.0 Å². The van der Waals surface area contributed by atoms with Crippen LogP contribution in [0.5, 0.6) is 5.75 Å². The molecule has 2 heterocycles. The van der Waals surface area contributed by atoms with E-state index in [-0.39, 0.29) is 39.4 Å². The summed E-state index contributed by atoms with van der Waals surface area (Å²) < 4.78 is 28.0. The van der Waals surface area contributed by atoms with E-state index in [0.717, 1.165) is 31.2 Å². The Morgan fingerprint density at radius 1 is 0.848 bits per heavy atom. The molecule has 0 spiro atoms. The number of benzene rings is 3. The van der Waals surface area contributed by atoms with Gasteiger partial charge in [0.05, 0.1) is 26.4 Å². The Bertz CT molecular complexity index is 1930. The number of para-hydroxylation sites is 1. The summed E-state index contributed by atoms with van der Waals surface area (Å²) in [7, 11) is 0. The van der Waals surface area contributed by atoms with Crippen LogP contribution in [0.25, 0.3) is 17.0 Å². The zero-order valence-electron chi connectivity index (χ0n) is 23.7. The second-order valence-electron chi connectivity index (χ2n) is 9.79. The Labute approximate surface area is 257 Å². The van der Waals surface area contributed by atoms with Crippen LogP contribution in [0.2, 0.25) is 0 Å². The lowest BCUT2D eigenvalue weighted by Gasteiger charge is -2.33. The van der Waals surface area contributed by atoms with Gasteiger partial charge >= 0.3 is 23.5 Å². The molecule has 0 radical (unpaired) electrons. The van der Waals surface area contributed by atoms with E-state index < -0.39 is 58.3 Å². The Morgan fingerprint density at radius 3 is 2.02 bits per heavy atom. The minimum Gasteiger partial charge on any atom is -0.481 e. The molecule has 0 saturated heterocycles. The fourth-order valence-electron chi connectivity index (χ4n) is 4.58. The summed E-state index contributed by atoms with van der Waals surface area (Å²) in [6.45, 7) is 0.414. The molecule has 5 rings (SSSR count). The third kappa shape index (κ3) is 6.72. The summed E-state index contributed by atoms with van der Waals surface area (Å²) in [5, 5.41) is 22.4. The molecule has 234 valence electrons. The molecule has 3 atom stereocenters. The highest BCUT2D eigenvalue weighted by Gasteiger charge is 2.39. The first kappa shape index (κ1) is 31.1. The molecule has 1 aliphatic heterocycles. The molecule has 0 unspecified atom stereocenters. The predicted octanol–water partition coefficient (Wildman–Crippen LogP) is 4.40. The van der Waals surface area contributed by atoms with Gasteiger partial charge in [0, 0.05) is 31.2 Å². The lowest BCUT2D eigenvalue weighted by atomic mass is 10.0. The average Bonchev–Trinajstić information content (AvgIpc) is 3.05. The van der Waals surface area contributed by atoms with Crippen LogP contribution in [0.3, 0.4) is 0 Å². The highest BCUT2D eigenvalue weighted by molar-refractivity contribution is 5.91. The van der Waals surface area contributed by atoms with E-state index in [1.54, 1.807) is 24.3 Å². The molecule has 1 aliphatic rings. The minimum atomic E-state index is -1.51. The molecule has 0 N–H and O–H groups in total. The lowest BCUT2D eigenvalue weighted by molar-refractivity contribution is -0.385. The summed E-state index contributed by atoms with van der Waals surface area (Å²) >= 11 is 0. The van der Waals surface area contributed by atoms with Gasteiger partial charge in [-0.15, -0.1) is 0 Å². The van der Waals surface area contributed by atoms with E-state index in [1.165, 1.54) is 36.4 Å². The van der Waals surface area contributed by atoms with Crippen molar-refractivity contribution in [3.63, 3.8) is 0 Å². The van der Waals surface area contributed by atoms with Gasteiger partial charge in [-0.05, 0) is 48.6 Å². The molecular formula is C31H22N2O13. The van der Waals surface area contributed by atoms with Crippen molar-refractivity contribution in [2.45, 2.75) is 25.2 Å². The predicted molar refractivity (Wildman–Crippen MR) is 157 cm³/mol. The van der Waals surface area contributed by atoms with Crippen molar-refractivity contribution < 1.29 is 47.6 Å². The largest absolute Gasteiger partial charge is 0.481 e. The van der Waals surface area contributed by atoms with Crippen molar-refractivity contribution in [2.75, 3.05) is 6.61 Å².